The molecule has 142 valence electrons. The quantitative estimate of drug-likeness (QED) is 0.698. The predicted molar refractivity (Wildman–Crippen MR) is 106 cm³/mol. The van der Waals surface area contributed by atoms with Crippen LogP contribution in [0, 0.1) is 12.7 Å². The maximum Gasteiger partial charge on any atom is 0.251 e. The van der Waals surface area contributed by atoms with Crippen molar-refractivity contribution in [1.29, 1.82) is 0 Å². The van der Waals surface area contributed by atoms with Gasteiger partial charge in [0, 0.05) is 29.2 Å². The first-order valence-corrected chi connectivity index (χ1v) is 10.3. The first-order valence-electron chi connectivity index (χ1n) is 8.68. The lowest BCUT2D eigenvalue weighted by atomic mass is 10.2. The van der Waals surface area contributed by atoms with Gasteiger partial charge >= 0.3 is 0 Å². The summed E-state index contributed by atoms with van der Waals surface area (Å²) in [6, 6.07) is 12.6. The first kappa shape index (κ1) is 19.1. The summed E-state index contributed by atoms with van der Waals surface area (Å²) in [5, 5.41) is 0.754. The van der Waals surface area contributed by atoms with Crippen LogP contribution in [0.4, 0.5) is 10.1 Å². The van der Waals surface area contributed by atoms with E-state index in [0.717, 1.165) is 22.9 Å². The van der Waals surface area contributed by atoms with E-state index in [4.69, 9.17) is 0 Å². The van der Waals surface area contributed by atoms with Gasteiger partial charge in [0.1, 0.15) is 5.82 Å². The van der Waals surface area contributed by atoms with E-state index in [1.807, 2.05) is 6.92 Å². The smallest absolute Gasteiger partial charge is 0.251 e. The van der Waals surface area contributed by atoms with Gasteiger partial charge in [0.25, 0.3) is 5.56 Å². The van der Waals surface area contributed by atoms with E-state index in [1.165, 1.54) is 18.2 Å². The Morgan fingerprint density at radius 2 is 1.85 bits per heavy atom. The van der Waals surface area contributed by atoms with Crippen molar-refractivity contribution in [3.05, 3.63) is 75.8 Å². The van der Waals surface area contributed by atoms with Gasteiger partial charge in [-0.3, -0.25) is 9.52 Å². The minimum absolute atomic E-state index is 0.0903. The molecule has 0 unspecified atom stereocenters. The fourth-order valence-corrected chi connectivity index (χ4v) is 4.21. The third-order valence-electron chi connectivity index (χ3n) is 4.26. The molecule has 0 saturated carbocycles. The number of anilines is 1. The van der Waals surface area contributed by atoms with Crippen LogP contribution in [0.1, 0.15) is 24.5 Å². The summed E-state index contributed by atoms with van der Waals surface area (Å²) in [7, 11) is -3.78. The molecule has 27 heavy (non-hydrogen) atoms. The largest absolute Gasteiger partial charge is 0.308 e. The minimum atomic E-state index is -3.78. The molecule has 5 nitrogen and oxygen atoms in total. The Kier molecular flexibility index (Phi) is 5.32. The summed E-state index contributed by atoms with van der Waals surface area (Å²) in [4.78, 5) is 12.0. The van der Waals surface area contributed by atoms with Gasteiger partial charge in [-0.15, -0.1) is 0 Å². The van der Waals surface area contributed by atoms with E-state index >= 15 is 0 Å². The Labute approximate surface area is 157 Å². The lowest BCUT2D eigenvalue weighted by Gasteiger charge is -2.12. The third-order valence-corrected chi connectivity index (χ3v) is 5.50. The Morgan fingerprint density at radius 3 is 2.56 bits per heavy atom. The van der Waals surface area contributed by atoms with Crippen molar-refractivity contribution in [2.75, 3.05) is 4.72 Å². The monoisotopic (exact) mass is 388 g/mol. The molecule has 0 fully saturated rings. The first-order chi connectivity index (χ1) is 12.8. The number of halogens is 1. The molecule has 0 aliphatic heterocycles. The summed E-state index contributed by atoms with van der Waals surface area (Å²) >= 11 is 0. The van der Waals surface area contributed by atoms with Crippen LogP contribution in [0.2, 0.25) is 0 Å². The number of rotatable bonds is 6. The van der Waals surface area contributed by atoms with E-state index in [2.05, 4.69) is 4.72 Å². The van der Waals surface area contributed by atoms with Crippen LogP contribution < -0.4 is 10.3 Å². The van der Waals surface area contributed by atoms with Crippen molar-refractivity contribution < 1.29 is 12.8 Å². The number of nitrogens with zero attached hydrogens (tertiary/aromatic N) is 1. The second-order valence-electron chi connectivity index (χ2n) is 6.55. The molecule has 0 amide bonds. The normalized spacial score (nSPS) is 11.7. The maximum atomic E-state index is 14.0. The van der Waals surface area contributed by atoms with Crippen molar-refractivity contribution in [2.24, 2.45) is 0 Å². The van der Waals surface area contributed by atoms with Crippen LogP contribution in [0.5, 0.6) is 0 Å². The van der Waals surface area contributed by atoms with Crippen molar-refractivity contribution in [1.82, 2.24) is 4.57 Å². The van der Waals surface area contributed by atoms with E-state index in [9.17, 15) is 17.6 Å². The number of sulfonamides is 1. The zero-order valence-corrected chi connectivity index (χ0v) is 16.0. The fourth-order valence-electron chi connectivity index (χ4n) is 3.01. The minimum Gasteiger partial charge on any atom is -0.308 e. The highest BCUT2D eigenvalue weighted by Gasteiger charge is 2.15. The number of pyridine rings is 1. The Bertz CT molecular complexity index is 1150. The summed E-state index contributed by atoms with van der Waals surface area (Å²) < 4.78 is 43.0. The molecule has 0 atom stereocenters. The van der Waals surface area contributed by atoms with Gasteiger partial charge in [0.05, 0.1) is 11.3 Å². The molecule has 1 aromatic heterocycles. The summed E-state index contributed by atoms with van der Waals surface area (Å²) in [5.74, 6) is -0.991. The summed E-state index contributed by atoms with van der Waals surface area (Å²) in [6.07, 6.45) is 0.815. The van der Waals surface area contributed by atoms with Crippen LogP contribution >= 0.6 is 0 Å². The molecule has 1 N–H and O–H groups in total. The van der Waals surface area contributed by atoms with Gasteiger partial charge in [-0.2, -0.15) is 0 Å². The topological polar surface area (TPSA) is 68.2 Å². The number of hydrogen-bond acceptors (Lipinski definition) is 3. The molecular weight excluding hydrogens is 367 g/mol. The van der Waals surface area contributed by atoms with E-state index in [-0.39, 0.29) is 11.1 Å². The van der Waals surface area contributed by atoms with Crippen LogP contribution in [0.3, 0.4) is 0 Å². The van der Waals surface area contributed by atoms with Crippen molar-refractivity contribution >= 4 is 26.6 Å². The predicted octanol–water partition coefficient (Wildman–Crippen LogP) is 3.80. The fraction of sp³-hybridized carbons (Fsp3) is 0.250. The average molecular weight is 388 g/mol. The number of fused-ring (bicyclic) bond motifs is 1. The number of aromatic nitrogens is 1. The van der Waals surface area contributed by atoms with Crippen molar-refractivity contribution in [2.45, 2.75) is 32.6 Å². The molecule has 7 heteroatoms. The highest BCUT2D eigenvalue weighted by molar-refractivity contribution is 7.91. The molecule has 3 rings (SSSR count). The maximum absolute atomic E-state index is 14.0. The van der Waals surface area contributed by atoms with Crippen LogP contribution in [0.15, 0.2) is 53.3 Å². The number of hydrogen-bond donors (Lipinski definition) is 1. The van der Waals surface area contributed by atoms with Gasteiger partial charge in [-0.25, -0.2) is 12.8 Å². The van der Waals surface area contributed by atoms with Crippen molar-refractivity contribution in [3.63, 3.8) is 0 Å². The molecule has 3 aromatic rings. The molecule has 2 aromatic carbocycles. The van der Waals surface area contributed by atoms with E-state index in [0.29, 0.717) is 12.2 Å². The molecule has 0 aliphatic rings. The van der Waals surface area contributed by atoms with Crippen LogP contribution in [0.25, 0.3) is 10.9 Å². The standard InChI is InChI=1S/C20H21FN2O3S/c1-3-10-23-19-8-7-17(12-15(19)6-9-20(23)24)22-27(25,26)13-16-5-4-14(2)11-18(16)21/h4-9,11-12,22H,3,10,13H2,1-2H3. The molecule has 0 radical (unpaired) electrons. The molecule has 0 aliphatic carbocycles. The number of benzene rings is 2. The second kappa shape index (κ2) is 7.52. The van der Waals surface area contributed by atoms with E-state index in [1.54, 1.807) is 41.8 Å². The molecule has 1 heterocycles. The van der Waals surface area contributed by atoms with E-state index < -0.39 is 21.6 Å². The van der Waals surface area contributed by atoms with Crippen LogP contribution in [-0.4, -0.2) is 13.0 Å². The summed E-state index contributed by atoms with van der Waals surface area (Å²) in [5.41, 5.74) is 1.88. The van der Waals surface area contributed by atoms with Crippen molar-refractivity contribution in [3.8, 4) is 0 Å². The molecule has 0 saturated heterocycles. The molecular formula is C20H21FN2O3S. The SMILES string of the molecule is CCCn1c(=O)ccc2cc(NS(=O)(=O)Cc3ccc(C)cc3F)ccc21. The highest BCUT2D eigenvalue weighted by Crippen LogP contribution is 2.21. The molecule has 0 spiro atoms. The average Bonchev–Trinajstić information content (AvgIpc) is 2.59. The van der Waals surface area contributed by atoms with Gasteiger partial charge in [-0.1, -0.05) is 19.1 Å². The third kappa shape index (κ3) is 4.36. The lowest BCUT2D eigenvalue weighted by Crippen LogP contribution is -2.19. The highest BCUT2D eigenvalue weighted by atomic mass is 32.2. The number of aryl methyl sites for hydroxylation is 2. The molecule has 0 bridgehead atoms. The Morgan fingerprint density at radius 1 is 1.07 bits per heavy atom. The zero-order chi connectivity index (χ0) is 19.6. The Hall–Kier alpha value is -2.67. The zero-order valence-electron chi connectivity index (χ0n) is 15.2. The lowest BCUT2D eigenvalue weighted by molar-refractivity contribution is 0.591. The van der Waals surface area contributed by atoms with Gasteiger partial charge < -0.3 is 4.57 Å². The number of nitrogens with one attached hydrogen (secondary N) is 1. The Balaban J connectivity index is 1.89. The van der Waals surface area contributed by atoms with Gasteiger partial charge in [0.2, 0.25) is 10.0 Å². The summed E-state index contributed by atoms with van der Waals surface area (Å²) in [6.45, 7) is 4.32. The van der Waals surface area contributed by atoms with Crippen LogP contribution in [-0.2, 0) is 22.3 Å². The second-order valence-corrected chi connectivity index (χ2v) is 8.28. The van der Waals surface area contributed by atoms with Gasteiger partial charge in [-0.05, 0) is 49.2 Å². The van der Waals surface area contributed by atoms with Gasteiger partial charge in [0.15, 0.2) is 0 Å².